The fourth-order valence-electron chi connectivity index (χ4n) is 5.57. The van der Waals surface area contributed by atoms with Crippen LogP contribution in [0, 0.1) is 13.8 Å². The molecule has 2 N–H and O–H groups in total. The van der Waals surface area contributed by atoms with E-state index < -0.39 is 0 Å². The van der Waals surface area contributed by atoms with Gasteiger partial charge in [0.25, 0.3) is 5.91 Å². The highest BCUT2D eigenvalue weighted by Crippen LogP contribution is 2.29. The van der Waals surface area contributed by atoms with Crippen molar-refractivity contribution in [3.8, 4) is 11.1 Å². The second-order valence-corrected chi connectivity index (χ2v) is 10.7. The lowest BCUT2D eigenvalue weighted by Crippen LogP contribution is -2.27. The van der Waals surface area contributed by atoms with Crippen LogP contribution < -0.4 is 10.6 Å². The normalized spacial score (nSPS) is 12.7. The Labute approximate surface area is 245 Å². The summed E-state index contributed by atoms with van der Waals surface area (Å²) in [7, 11) is 0. The third-order valence-corrected chi connectivity index (χ3v) is 8.05. The van der Waals surface area contributed by atoms with E-state index in [-0.39, 0.29) is 18.1 Å². The van der Waals surface area contributed by atoms with Crippen molar-refractivity contribution in [2.75, 3.05) is 11.9 Å². The second-order valence-electron chi connectivity index (χ2n) is 10.7. The first-order chi connectivity index (χ1) is 20.4. The number of hydrogen-bond acceptors (Lipinski definition) is 5. The standard InChI is InChI=1S/C34H34N4O.CO2/c1-22-24(3)38(21-25-11-13-27(14-12-25)26-8-5-4-6-9-26)32-16-15-29(19-31(22)32)34(39)37-23(2)30-18-28-10-7-17-35-33(28)36-20-30;2-1-3/h4-6,8-9,11-16,18-20,23H,7,10,17,21H2,1-3H3,(H,35,36)(H,37,39);/t23-;/m0./s1. The number of nitrogens with zero attached hydrogens (tertiary/aromatic N) is 2. The predicted octanol–water partition coefficient (Wildman–Crippen LogP) is 6.63. The fourth-order valence-corrected chi connectivity index (χ4v) is 5.57. The molecular formula is C35H34N4O3. The van der Waals surface area contributed by atoms with Gasteiger partial charge in [-0.3, -0.25) is 4.79 Å². The van der Waals surface area contributed by atoms with E-state index in [9.17, 15) is 4.79 Å². The van der Waals surface area contributed by atoms with Crippen molar-refractivity contribution in [1.29, 1.82) is 0 Å². The van der Waals surface area contributed by atoms with Gasteiger partial charge in [-0.15, -0.1) is 0 Å². The molecule has 5 aromatic rings. The summed E-state index contributed by atoms with van der Waals surface area (Å²) in [5.74, 6) is 0.901. The zero-order valence-corrected chi connectivity index (χ0v) is 24.1. The van der Waals surface area contributed by atoms with Crippen LogP contribution >= 0.6 is 0 Å². The molecule has 0 bridgehead atoms. The van der Waals surface area contributed by atoms with E-state index in [0.29, 0.717) is 5.56 Å². The molecule has 6 rings (SSSR count). The topological polar surface area (TPSA) is 93.1 Å². The van der Waals surface area contributed by atoms with Gasteiger partial charge in [0.05, 0.1) is 6.04 Å². The molecule has 1 atom stereocenters. The van der Waals surface area contributed by atoms with Crippen LogP contribution in [0.3, 0.4) is 0 Å². The molecule has 0 saturated carbocycles. The molecular weight excluding hydrogens is 524 g/mol. The van der Waals surface area contributed by atoms with Crippen molar-refractivity contribution in [3.63, 3.8) is 0 Å². The first-order valence-corrected chi connectivity index (χ1v) is 14.2. The van der Waals surface area contributed by atoms with E-state index in [0.717, 1.165) is 48.2 Å². The Morgan fingerprint density at radius 2 is 1.71 bits per heavy atom. The number of hydrogen-bond donors (Lipinski definition) is 2. The lowest BCUT2D eigenvalue weighted by molar-refractivity contribution is -0.191. The summed E-state index contributed by atoms with van der Waals surface area (Å²) >= 11 is 0. The molecule has 1 aliphatic heterocycles. The quantitative estimate of drug-likeness (QED) is 0.244. The lowest BCUT2D eigenvalue weighted by atomic mass is 10.0. The molecule has 0 radical (unpaired) electrons. The summed E-state index contributed by atoms with van der Waals surface area (Å²) in [5, 5.41) is 7.65. The van der Waals surface area contributed by atoms with Crippen molar-refractivity contribution in [3.05, 3.63) is 119 Å². The maximum absolute atomic E-state index is 13.3. The van der Waals surface area contributed by atoms with Crippen molar-refractivity contribution in [1.82, 2.24) is 14.9 Å². The lowest BCUT2D eigenvalue weighted by Gasteiger charge is -2.20. The molecule has 212 valence electrons. The number of fused-ring (bicyclic) bond motifs is 2. The first-order valence-electron chi connectivity index (χ1n) is 14.2. The van der Waals surface area contributed by atoms with Gasteiger partial charge in [0.15, 0.2) is 0 Å². The summed E-state index contributed by atoms with van der Waals surface area (Å²) in [6.07, 6.45) is 4.24. The van der Waals surface area contributed by atoms with Gasteiger partial charge in [-0.2, -0.15) is 9.59 Å². The number of aromatic nitrogens is 2. The zero-order chi connectivity index (χ0) is 29.6. The summed E-state index contributed by atoms with van der Waals surface area (Å²) in [6, 6.07) is 27.3. The number of aryl methyl sites for hydroxylation is 2. The van der Waals surface area contributed by atoms with Crippen LogP contribution in [-0.2, 0) is 22.6 Å². The van der Waals surface area contributed by atoms with Crippen LogP contribution in [0.15, 0.2) is 85.1 Å². The molecule has 3 aromatic carbocycles. The number of amides is 1. The van der Waals surface area contributed by atoms with Crippen molar-refractivity contribution >= 4 is 28.8 Å². The Hall–Kier alpha value is -5.00. The highest BCUT2D eigenvalue weighted by molar-refractivity contribution is 5.99. The molecule has 3 heterocycles. The highest BCUT2D eigenvalue weighted by atomic mass is 16.2. The van der Waals surface area contributed by atoms with Gasteiger partial charge in [-0.1, -0.05) is 54.6 Å². The van der Waals surface area contributed by atoms with E-state index in [1.807, 2.05) is 31.3 Å². The summed E-state index contributed by atoms with van der Waals surface area (Å²) in [4.78, 5) is 34.1. The number of carbonyl (C=O) groups excluding carboxylic acids is 3. The van der Waals surface area contributed by atoms with E-state index >= 15 is 0 Å². The van der Waals surface area contributed by atoms with E-state index in [1.54, 1.807) is 0 Å². The van der Waals surface area contributed by atoms with Crippen molar-refractivity contribution < 1.29 is 14.4 Å². The molecule has 0 saturated heterocycles. The van der Waals surface area contributed by atoms with Crippen LogP contribution in [0.5, 0.6) is 0 Å². The van der Waals surface area contributed by atoms with Gasteiger partial charge in [-0.05, 0) is 91.3 Å². The van der Waals surface area contributed by atoms with Gasteiger partial charge < -0.3 is 15.2 Å². The number of benzene rings is 3. The summed E-state index contributed by atoms with van der Waals surface area (Å²) < 4.78 is 2.35. The van der Waals surface area contributed by atoms with Gasteiger partial charge in [0.1, 0.15) is 5.82 Å². The maximum Gasteiger partial charge on any atom is 0.373 e. The van der Waals surface area contributed by atoms with E-state index in [1.165, 1.54) is 33.5 Å². The Morgan fingerprint density at radius 1 is 1.00 bits per heavy atom. The zero-order valence-electron chi connectivity index (χ0n) is 24.1. The largest absolute Gasteiger partial charge is 0.373 e. The number of pyridine rings is 1. The molecule has 1 aliphatic rings. The molecule has 42 heavy (non-hydrogen) atoms. The molecule has 0 unspecified atom stereocenters. The summed E-state index contributed by atoms with van der Waals surface area (Å²) in [6.45, 7) is 8.07. The molecule has 0 aliphatic carbocycles. The fraction of sp³-hybridized carbons (Fsp3) is 0.229. The number of anilines is 1. The smallest absolute Gasteiger partial charge is 0.370 e. The minimum atomic E-state index is -0.126. The third-order valence-electron chi connectivity index (χ3n) is 8.05. The van der Waals surface area contributed by atoms with Gasteiger partial charge in [0, 0.05) is 41.4 Å². The van der Waals surface area contributed by atoms with Crippen LogP contribution in [0.2, 0.25) is 0 Å². The SMILES string of the molecule is Cc1c(C)n(Cc2ccc(-c3ccccc3)cc2)c2ccc(C(=O)N[C@@H](C)c3cnc4c(c3)CCCN4)cc12.O=C=O. The highest BCUT2D eigenvalue weighted by Gasteiger charge is 2.18. The van der Waals surface area contributed by atoms with E-state index in [4.69, 9.17) is 9.59 Å². The predicted molar refractivity (Wildman–Crippen MR) is 164 cm³/mol. The Kier molecular flexibility index (Phi) is 8.60. The number of carbonyl (C=O) groups is 1. The molecule has 0 fully saturated rings. The van der Waals surface area contributed by atoms with Crippen molar-refractivity contribution in [2.24, 2.45) is 0 Å². The minimum absolute atomic E-state index is 0.0680. The average Bonchev–Trinajstić information content (AvgIpc) is 3.26. The number of rotatable bonds is 6. The Morgan fingerprint density at radius 3 is 2.45 bits per heavy atom. The molecule has 0 spiro atoms. The van der Waals surface area contributed by atoms with Crippen LogP contribution in [0.1, 0.15) is 57.7 Å². The van der Waals surface area contributed by atoms with Gasteiger partial charge in [-0.25, -0.2) is 4.98 Å². The monoisotopic (exact) mass is 558 g/mol. The second kappa shape index (κ2) is 12.7. The van der Waals surface area contributed by atoms with Crippen LogP contribution in [-0.4, -0.2) is 28.2 Å². The molecule has 1 amide bonds. The summed E-state index contributed by atoms with van der Waals surface area (Å²) in [5.41, 5.74) is 10.2. The number of nitrogens with one attached hydrogen (secondary N) is 2. The molecule has 7 heteroatoms. The maximum atomic E-state index is 13.3. The van der Waals surface area contributed by atoms with Crippen LogP contribution in [0.4, 0.5) is 5.82 Å². The molecule has 7 nitrogen and oxygen atoms in total. The van der Waals surface area contributed by atoms with E-state index in [2.05, 4.69) is 94.7 Å². The van der Waals surface area contributed by atoms with Gasteiger partial charge >= 0.3 is 6.15 Å². The molecule has 2 aromatic heterocycles. The third kappa shape index (κ3) is 6.02. The Bertz CT molecular complexity index is 1750. The first kappa shape index (κ1) is 28.5. The Balaban J connectivity index is 0.00000113. The van der Waals surface area contributed by atoms with Gasteiger partial charge in [0.2, 0.25) is 0 Å². The van der Waals surface area contributed by atoms with Crippen LogP contribution in [0.25, 0.3) is 22.0 Å². The minimum Gasteiger partial charge on any atom is -0.370 e. The average molecular weight is 559 g/mol. The van der Waals surface area contributed by atoms with Crippen molar-refractivity contribution in [2.45, 2.75) is 46.2 Å².